The predicted octanol–water partition coefficient (Wildman–Crippen LogP) is 3.94. The second-order valence-corrected chi connectivity index (χ2v) is 8.12. The summed E-state index contributed by atoms with van der Waals surface area (Å²) in [7, 11) is 4.14. The summed E-state index contributed by atoms with van der Waals surface area (Å²) in [4.78, 5) is 8.96. The number of para-hydroxylation sites is 1. The zero-order chi connectivity index (χ0) is 21.1. The van der Waals surface area contributed by atoms with Gasteiger partial charge in [-0.05, 0) is 75.7 Å². The molecule has 0 aliphatic carbocycles. The van der Waals surface area contributed by atoms with Crippen LogP contribution in [0, 0.1) is 5.82 Å². The summed E-state index contributed by atoms with van der Waals surface area (Å²) in [5.41, 5.74) is 2.43. The van der Waals surface area contributed by atoms with E-state index in [1.165, 1.54) is 6.07 Å². The number of benzene rings is 1. The van der Waals surface area contributed by atoms with Gasteiger partial charge >= 0.3 is 0 Å². The van der Waals surface area contributed by atoms with Crippen molar-refractivity contribution in [3.8, 4) is 5.69 Å². The van der Waals surface area contributed by atoms with Crippen LogP contribution in [-0.4, -0.2) is 51.6 Å². The maximum Gasteiger partial charge on any atom is 0.170 e. The first-order valence-corrected chi connectivity index (χ1v) is 10.5. The van der Waals surface area contributed by atoms with E-state index in [1.54, 1.807) is 18.3 Å². The number of rotatable bonds is 7. The number of halogens is 1. The highest BCUT2D eigenvalue weighted by Gasteiger charge is 2.41. The fourth-order valence-corrected chi connectivity index (χ4v) is 4.36. The van der Waals surface area contributed by atoms with Crippen LogP contribution in [0.3, 0.4) is 0 Å². The van der Waals surface area contributed by atoms with E-state index in [2.05, 4.69) is 34.2 Å². The molecule has 1 N–H and O–H groups in total. The molecule has 1 aliphatic rings. The first kappa shape index (κ1) is 20.5. The summed E-state index contributed by atoms with van der Waals surface area (Å²) in [6.07, 6.45) is 4.67. The van der Waals surface area contributed by atoms with Crippen LogP contribution in [0.15, 0.2) is 67.0 Å². The van der Waals surface area contributed by atoms with Gasteiger partial charge in [-0.1, -0.05) is 18.2 Å². The normalized spacial score (nSPS) is 18.8. The standard InChI is InChI=1S/C23H26FN5S/c1-27(2)14-8-16-29-22(21(26-23(29)30)18-10-5-6-13-25-18)20-12-7-15-28(20)19-11-4-3-9-17(19)24/h3-7,9-13,15,21-22H,8,14,16H2,1-2H3,(H,26,30)/t21-,22-/m1/s1. The van der Waals surface area contributed by atoms with Gasteiger partial charge in [0.15, 0.2) is 5.11 Å². The molecule has 5 nitrogen and oxygen atoms in total. The third-order valence-electron chi connectivity index (χ3n) is 5.40. The number of nitrogens with zero attached hydrogens (tertiary/aromatic N) is 4. The van der Waals surface area contributed by atoms with E-state index in [4.69, 9.17) is 12.2 Å². The van der Waals surface area contributed by atoms with Gasteiger partial charge in [0.1, 0.15) is 5.82 Å². The molecule has 0 unspecified atom stereocenters. The van der Waals surface area contributed by atoms with Crippen molar-refractivity contribution in [2.45, 2.75) is 18.5 Å². The first-order valence-electron chi connectivity index (χ1n) is 10.1. The summed E-state index contributed by atoms with van der Waals surface area (Å²) in [6.45, 7) is 1.77. The van der Waals surface area contributed by atoms with Crippen molar-refractivity contribution in [1.82, 2.24) is 24.7 Å². The Balaban J connectivity index is 1.75. The van der Waals surface area contributed by atoms with Crippen molar-refractivity contribution < 1.29 is 4.39 Å². The summed E-state index contributed by atoms with van der Waals surface area (Å²) in [6, 6.07) is 16.5. The first-order chi connectivity index (χ1) is 14.6. The van der Waals surface area contributed by atoms with Gasteiger partial charge in [-0.3, -0.25) is 4.98 Å². The Hall–Kier alpha value is -2.77. The summed E-state index contributed by atoms with van der Waals surface area (Å²) >= 11 is 5.72. The molecule has 3 heterocycles. The zero-order valence-corrected chi connectivity index (χ0v) is 18.0. The van der Waals surface area contributed by atoms with Crippen molar-refractivity contribution >= 4 is 17.3 Å². The van der Waals surface area contributed by atoms with Crippen LogP contribution < -0.4 is 5.32 Å². The van der Waals surface area contributed by atoms with Gasteiger partial charge < -0.3 is 19.7 Å². The summed E-state index contributed by atoms with van der Waals surface area (Å²) in [5, 5.41) is 4.17. The molecule has 0 saturated carbocycles. The topological polar surface area (TPSA) is 36.3 Å². The second-order valence-electron chi connectivity index (χ2n) is 7.73. The number of hydrogen-bond acceptors (Lipinski definition) is 3. The number of thiocarbonyl (C=S) groups is 1. The van der Waals surface area contributed by atoms with Gasteiger partial charge in [0, 0.05) is 24.6 Å². The molecule has 1 saturated heterocycles. The van der Waals surface area contributed by atoms with Gasteiger partial charge in [-0.25, -0.2) is 4.39 Å². The maximum absolute atomic E-state index is 14.6. The highest BCUT2D eigenvalue weighted by Crippen LogP contribution is 2.39. The highest BCUT2D eigenvalue weighted by molar-refractivity contribution is 7.80. The van der Waals surface area contributed by atoms with Crippen LogP contribution >= 0.6 is 12.2 Å². The maximum atomic E-state index is 14.6. The Morgan fingerprint density at radius 2 is 1.90 bits per heavy atom. The molecule has 4 rings (SSSR count). The van der Waals surface area contributed by atoms with E-state index < -0.39 is 0 Å². The molecule has 3 aromatic rings. The van der Waals surface area contributed by atoms with Gasteiger partial charge in [0.25, 0.3) is 0 Å². The van der Waals surface area contributed by atoms with E-state index in [0.717, 1.165) is 30.9 Å². The largest absolute Gasteiger partial charge is 0.352 e. The molecule has 7 heteroatoms. The van der Waals surface area contributed by atoms with E-state index in [0.29, 0.717) is 10.8 Å². The van der Waals surface area contributed by atoms with Crippen LogP contribution in [0.4, 0.5) is 4.39 Å². The minimum atomic E-state index is -0.253. The van der Waals surface area contributed by atoms with Crippen LogP contribution in [0.25, 0.3) is 5.69 Å². The quantitative estimate of drug-likeness (QED) is 0.583. The second kappa shape index (κ2) is 8.93. The van der Waals surface area contributed by atoms with E-state index in [1.807, 2.05) is 47.2 Å². The minimum absolute atomic E-state index is 0.0934. The van der Waals surface area contributed by atoms with Gasteiger partial charge in [-0.15, -0.1) is 0 Å². The van der Waals surface area contributed by atoms with E-state index in [9.17, 15) is 4.39 Å². The SMILES string of the molecule is CN(C)CCCN1C(=S)N[C@H](c2ccccn2)[C@H]1c1cccn1-c1ccccc1F. The predicted molar refractivity (Wildman–Crippen MR) is 121 cm³/mol. The fraction of sp³-hybridized carbons (Fsp3) is 0.304. The molecule has 1 aromatic carbocycles. The number of aromatic nitrogens is 2. The van der Waals surface area contributed by atoms with Crippen LogP contribution in [0.5, 0.6) is 0 Å². The highest BCUT2D eigenvalue weighted by atomic mass is 32.1. The monoisotopic (exact) mass is 423 g/mol. The molecule has 2 aromatic heterocycles. The summed E-state index contributed by atoms with van der Waals surface area (Å²) < 4.78 is 16.5. The lowest BCUT2D eigenvalue weighted by Crippen LogP contribution is -2.33. The average Bonchev–Trinajstić information content (AvgIpc) is 3.33. The van der Waals surface area contributed by atoms with Crippen molar-refractivity contribution in [1.29, 1.82) is 0 Å². The molecule has 1 fully saturated rings. The fourth-order valence-electron chi connectivity index (χ4n) is 4.03. The van der Waals surface area contributed by atoms with Gasteiger partial charge in [0.05, 0.1) is 23.5 Å². The van der Waals surface area contributed by atoms with E-state index >= 15 is 0 Å². The van der Waals surface area contributed by atoms with Crippen LogP contribution in [0.1, 0.15) is 29.9 Å². The molecule has 0 amide bonds. The zero-order valence-electron chi connectivity index (χ0n) is 17.2. The molecule has 0 radical (unpaired) electrons. The minimum Gasteiger partial charge on any atom is -0.352 e. The van der Waals surface area contributed by atoms with Crippen molar-refractivity contribution in [2.75, 3.05) is 27.2 Å². The Kier molecular flexibility index (Phi) is 6.11. The number of nitrogens with one attached hydrogen (secondary N) is 1. The van der Waals surface area contributed by atoms with E-state index in [-0.39, 0.29) is 17.9 Å². The molecule has 0 bridgehead atoms. The molecule has 156 valence electrons. The van der Waals surface area contributed by atoms with Crippen molar-refractivity contribution in [3.05, 3.63) is 84.2 Å². The summed E-state index contributed by atoms with van der Waals surface area (Å²) in [5.74, 6) is -0.253. The molecular weight excluding hydrogens is 397 g/mol. The lowest BCUT2D eigenvalue weighted by atomic mass is 10.0. The number of pyridine rings is 1. The average molecular weight is 424 g/mol. The lowest BCUT2D eigenvalue weighted by molar-refractivity contribution is 0.286. The molecule has 1 aliphatic heterocycles. The van der Waals surface area contributed by atoms with Gasteiger partial charge in [0.2, 0.25) is 0 Å². The Morgan fingerprint density at radius 3 is 2.63 bits per heavy atom. The lowest BCUT2D eigenvalue weighted by Gasteiger charge is -2.29. The van der Waals surface area contributed by atoms with Crippen molar-refractivity contribution in [3.63, 3.8) is 0 Å². The Morgan fingerprint density at radius 1 is 1.10 bits per heavy atom. The molecular formula is C23H26FN5S. The smallest absolute Gasteiger partial charge is 0.170 e. The third-order valence-corrected chi connectivity index (χ3v) is 5.75. The Labute approximate surface area is 182 Å². The van der Waals surface area contributed by atoms with Gasteiger partial charge in [-0.2, -0.15) is 0 Å². The van der Waals surface area contributed by atoms with Crippen LogP contribution in [-0.2, 0) is 0 Å². The van der Waals surface area contributed by atoms with Crippen LogP contribution in [0.2, 0.25) is 0 Å². The molecule has 0 spiro atoms. The number of hydrogen-bond donors (Lipinski definition) is 1. The molecule has 2 atom stereocenters. The third kappa shape index (κ3) is 4.08. The van der Waals surface area contributed by atoms with Crippen molar-refractivity contribution in [2.24, 2.45) is 0 Å². The molecule has 30 heavy (non-hydrogen) atoms. The Bertz CT molecular complexity index is 1000.